The molecule has 0 saturated carbocycles. The molecule has 1 aromatic heterocycles. The second-order valence-corrected chi connectivity index (χ2v) is 6.60. The van der Waals surface area contributed by atoms with Gasteiger partial charge >= 0.3 is 37.9 Å². The van der Waals surface area contributed by atoms with Crippen LogP contribution in [0.1, 0.15) is 5.69 Å². The summed E-state index contributed by atoms with van der Waals surface area (Å²) in [6, 6.07) is 9.28. The zero-order valence-electron chi connectivity index (χ0n) is 8.04. The first-order chi connectivity index (χ1) is 7.19. The van der Waals surface area contributed by atoms with Crippen molar-refractivity contribution in [3.05, 3.63) is 36.0 Å². The number of aryl methyl sites for hydroxylation is 1. The summed E-state index contributed by atoms with van der Waals surface area (Å²) in [6.07, 6.45) is 0. The molecule has 1 N–H and O–H groups in total. The molecule has 0 aliphatic heterocycles. The molecule has 15 heavy (non-hydrogen) atoms. The van der Waals surface area contributed by atoms with Crippen molar-refractivity contribution < 1.29 is 26.0 Å². The van der Waals surface area contributed by atoms with Crippen molar-refractivity contribution in [1.82, 2.24) is 4.98 Å². The van der Waals surface area contributed by atoms with Gasteiger partial charge in [0.1, 0.15) is 11.3 Å². The first-order valence-corrected chi connectivity index (χ1v) is 10.5. The third-order valence-electron chi connectivity index (χ3n) is 1.84. The SMILES string of the molecule is Cc1ccc2cccc(O)c2n1.[Cl][Zr][Cl]. The first kappa shape index (κ1) is 13.0. The Labute approximate surface area is 107 Å². The Morgan fingerprint density at radius 1 is 1.20 bits per heavy atom. The van der Waals surface area contributed by atoms with Gasteiger partial charge in [-0.15, -0.1) is 0 Å². The standard InChI is InChI=1S/C10H9NO.2ClH.Zr/c1-7-5-6-8-3-2-4-9(12)10(8)11-7;;;/h2-6,12H,1H3;2*1H;/q;;;+2/p-2. The molecule has 0 amide bonds. The normalized spacial score (nSPS) is 9.27. The monoisotopic (exact) mass is 319 g/mol. The summed E-state index contributed by atoms with van der Waals surface area (Å²) in [7, 11) is 9.87. The van der Waals surface area contributed by atoms with Crippen LogP contribution < -0.4 is 0 Å². The molecule has 78 valence electrons. The minimum absolute atomic E-state index is 0.246. The Morgan fingerprint density at radius 2 is 1.87 bits per heavy atom. The Bertz CT molecular complexity index is 450. The number of phenolic OH excluding ortho intramolecular Hbond substituents is 1. The molecule has 0 unspecified atom stereocenters. The molecule has 2 nitrogen and oxygen atoms in total. The number of aromatic hydroxyl groups is 1. The number of aromatic nitrogens is 1. The zero-order chi connectivity index (χ0) is 11.3. The van der Waals surface area contributed by atoms with Gasteiger partial charge in [0.05, 0.1) is 0 Å². The van der Waals surface area contributed by atoms with Gasteiger partial charge < -0.3 is 5.11 Å². The number of hydrogen-bond acceptors (Lipinski definition) is 2. The van der Waals surface area contributed by atoms with Crippen LogP contribution >= 0.6 is 17.0 Å². The molecule has 0 aliphatic rings. The van der Waals surface area contributed by atoms with Crippen molar-refractivity contribution in [2.45, 2.75) is 6.92 Å². The van der Waals surface area contributed by atoms with Gasteiger partial charge in [0.25, 0.3) is 0 Å². The van der Waals surface area contributed by atoms with E-state index in [1.165, 1.54) is 0 Å². The number of benzene rings is 1. The summed E-state index contributed by atoms with van der Waals surface area (Å²) >= 11 is -0.826. The van der Waals surface area contributed by atoms with Crippen LogP contribution in [0.25, 0.3) is 10.9 Å². The Balaban J connectivity index is 0.000000337. The summed E-state index contributed by atoms with van der Waals surface area (Å²) < 4.78 is 0. The van der Waals surface area contributed by atoms with E-state index in [2.05, 4.69) is 4.98 Å². The molecule has 5 heteroatoms. The van der Waals surface area contributed by atoms with Crippen molar-refractivity contribution in [2.75, 3.05) is 0 Å². The Hall–Kier alpha value is -0.107. The van der Waals surface area contributed by atoms with E-state index in [0.717, 1.165) is 11.1 Å². The molecule has 0 atom stereocenters. The molecule has 0 spiro atoms. The van der Waals surface area contributed by atoms with Gasteiger partial charge in [-0.25, -0.2) is 4.98 Å². The number of fused-ring (bicyclic) bond motifs is 1. The fraction of sp³-hybridized carbons (Fsp3) is 0.100. The number of phenols is 1. The summed E-state index contributed by atoms with van der Waals surface area (Å²) in [5.41, 5.74) is 1.60. The van der Waals surface area contributed by atoms with E-state index in [0.29, 0.717) is 5.52 Å². The van der Waals surface area contributed by atoms with Gasteiger partial charge in [0, 0.05) is 11.1 Å². The molecule has 0 fully saturated rings. The molecule has 2 rings (SSSR count). The van der Waals surface area contributed by atoms with Crippen molar-refractivity contribution in [3.63, 3.8) is 0 Å². The molecule has 0 radical (unpaired) electrons. The van der Waals surface area contributed by atoms with Crippen molar-refractivity contribution in [1.29, 1.82) is 0 Å². The Kier molecular flexibility index (Phi) is 5.59. The maximum absolute atomic E-state index is 9.43. The minimum atomic E-state index is -0.826. The van der Waals surface area contributed by atoms with Crippen molar-refractivity contribution >= 4 is 27.9 Å². The maximum atomic E-state index is 9.43. The van der Waals surface area contributed by atoms with Crippen LogP contribution in [-0.4, -0.2) is 10.1 Å². The van der Waals surface area contributed by atoms with Gasteiger partial charge in [0.15, 0.2) is 0 Å². The molecular formula is C10H9Cl2NOZr. The van der Waals surface area contributed by atoms with Crippen LogP contribution in [0.15, 0.2) is 30.3 Å². The number of para-hydroxylation sites is 1. The molecule has 0 bridgehead atoms. The van der Waals surface area contributed by atoms with Crippen LogP contribution in [0, 0.1) is 6.92 Å². The molecule has 2 aromatic rings. The van der Waals surface area contributed by atoms with Crippen LogP contribution in [-0.2, 0) is 20.8 Å². The van der Waals surface area contributed by atoms with Crippen molar-refractivity contribution in [3.8, 4) is 5.75 Å². The van der Waals surface area contributed by atoms with E-state index in [1.54, 1.807) is 6.07 Å². The van der Waals surface area contributed by atoms with Crippen LogP contribution in [0.2, 0.25) is 0 Å². The van der Waals surface area contributed by atoms with E-state index in [4.69, 9.17) is 17.0 Å². The van der Waals surface area contributed by atoms with E-state index < -0.39 is 20.8 Å². The molecule has 1 aromatic carbocycles. The summed E-state index contributed by atoms with van der Waals surface area (Å²) in [6.45, 7) is 1.91. The predicted octanol–water partition coefficient (Wildman–Crippen LogP) is 3.63. The second-order valence-electron chi connectivity index (χ2n) is 2.87. The van der Waals surface area contributed by atoms with E-state index in [9.17, 15) is 5.11 Å². The summed E-state index contributed by atoms with van der Waals surface area (Å²) in [5, 5.41) is 10.4. The Morgan fingerprint density at radius 3 is 2.53 bits per heavy atom. The molecule has 0 saturated heterocycles. The summed E-state index contributed by atoms with van der Waals surface area (Å²) in [5.74, 6) is 0.246. The van der Waals surface area contributed by atoms with Gasteiger partial charge in [0.2, 0.25) is 0 Å². The fourth-order valence-electron chi connectivity index (χ4n) is 1.23. The average Bonchev–Trinajstić information content (AvgIpc) is 2.21. The third-order valence-corrected chi connectivity index (χ3v) is 1.84. The quantitative estimate of drug-likeness (QED) is 0.804. The molecule has 1 heterocycles. The summed E-state index contributed by atoms with van der Waals surface area (Å²) in [4.78, 5) is 4.23. The van der Waals surface area contributed by atoms with Crippen LogP contribution in [0.3, 0.4) is 0 Å². The molecule has 0 aliphatic carbocycles. The van der Waals surface area contributed by atoms with Gasteiger partial charge in [-0.2, -0.15) is 0 Å². The fourth-order valence-corrected chi connectivity index (χ4v) is 1.23. The molecular weight excluding hydrogens is 312 g/mol. The van der Waals surface area contributed by atoms with Gasteiger partial charge in [-0.05, 0) is 19.1 Å². The first-order valence-electron chi connectivity index (χ1n) is 4.20. The van der Waals surface area contributed by atoms with E-state index in [-0.39, 0.29) is 5.75 Å². The topological polar surface area (TPSA) is 33.1 Å². The van der Waals surface area contributed by atoms with Crippen LogP contribution in [0.4, 0.5) is 0 Å². The number of hydrogen-bond donors (Lipinski definition) is 1. The number of nitrogens with zero attached hydrogens (tertiary/aromatic N) is 1. The third kappa shape index (κ3) is 3.75. The van der Waals surface area contributed by atoms with Gasteiger partial charge in [-0.3, -0.25) is 0 Å². The predicted molar refractivity (Wildman–Crippen MR) is 59.9 cm³/mol. The average molecular weight is 321 g/mol. The number of halogens is 2. The number of pyridine rings is 1. The van der Waals surface area contributed by atoms with Gasteiger partial charge in [-0.1, -0.05) is 18.2 Å². The van der Waals surface area contributed by atoms with Crippen LogP contribution in [0.5, 0.6) is 5.75 Å². The second kappa shape index (κ2) is 6.47. The van der Waals surface area contributed by atoms with Crippen molar-refractivity contribution in [2.24, 2.45) is 0 Å². The number of rotatable bonds is 0. The van der Waals surface area contributed by atoms with E-state index >= 15 is 0 Å². The van der Waals surface area contributed by atoms with E-state index in [1.807, 2.05) is 31.2 Å². The zero-order valence-corrected chi connectivity index (χ0v) is 12.0.